The highest BCUT2D eigenvalue weighted by molar-refractivity contribution is 5.65. The third-order valence-electron chi connectivity index (χ3n) is 4.21. The molecular weight excluding hydrogens is 312 g/mol. The van der Waals surface area contributed by atoms with Crippen molar-refractivity contribution in [3.05, 3.63) is 47.2 Å². The fourth-order valence-corrected chi connectivity index (χ4v) is 2.53. The highest BCUT2D eigenvalue weighted by Gasteiger charge is 2.17. The predicted molar refractivity (Wildman–Crippen MR) is 104 cm³/mol. The molecule has 0 saturated carbocycles. The number of allylic oxidation sites excluding steroid dienone is 1. The monoisotopic (exact) mass is 340 g/mol. The molecular formula is C20H28N4O. The first-order chi connectivity index (χ1) is 11.8. The Morgan fingerprint density at radius 3 is 2.40 bits per heavy atom. The van der Waals surface area contributed by atoms with E-state index in [2.05, 4.69) is 48.9 Å². The SMILES string of the molecule is CCCCOc1ccc(C(C)(C)/C=C/c2c(C)nc(N)nc2N)cc1. The Balaban J connectivity index is 2.16. The normalized spacial score (nSPS) is 11.8. The molecule has 0 spiro atoms. The van der Waals surface area contributed by atoms with Gasteiger partial charge in [0.1, 0.15) is 11.6 Å². The van der Waals surface area contributed by atoms with Gasteiger partial charge >= 0.3 is 0 Å². The number of benzene rings is 1. The number of hydrogen-bond acceptors (Lipinski definition) is 5. The first-order valence-corrected chi connectivity index (χ1v) is 8.65. The van der Waals surface area contributed by atoms with Gasteiger partial charge in [-0.15, -0.1) is 0 Å². The number of hydrogen-bond donors (Lipinski definition) is 2. The summed E-state index contributed by atoms with van der Waals surface area (Å²) in [6.07, 6.45) is 6.28. The van der Waals surface area contributed by atoms with Gasteiger partial charge in [0, 0.05) is 11.0 Å². The van der Waals surface area contributed by atoms with Crippen LogP contribution in [0.15, 0.2) is 30.3 Å². The Hall–Kier alpha value is -2.56. The van der Waals surface area contributed by atoms with Crippen molar-refractivity contribution in [1.29, 1.82) is 0 Å². The molecule has 0 bridgehead atoms. The smallest absolute Gasteiger partial charge is 0.222 e. The molecule has 134 valence electrons. The zero-order valence-electron chi connectivity index (χ0n) is 15.5. The number of nitrogens with two attached hydrogens (primary N) is 2. The molecule has 1 heterocycles. The second kappa shape index (κ2) is 8.01. The van der Waals surface area contributed by atoms with E-state index >= 15 is 0 Å². The number of aryl methyl sites for hydroxylation is 1. The molecule has 0 fully saturated rings. The van der Waals surface area contributed by atoms with E-state index in [1.165, 1.54) is 5.56 Å². The fraction of sp³-hybridized carbons (Fsp3) is 0.400. The van der Waals surface area contributed by atoms with Gasteiger partial charge in [-0.05, 0) is 31.0 Å². The molecule has 1 aromatic carbocycles. The summed E-state index contributed by atoms with van der Waals surface area (Å²) >= 11 is 0. The van der Waals surface area contributed by atoms with Crippen LogP contribution in [0.5, 0.6) is 5.75 Å². The summed E-state index contributed by atoms with van der Waals surface area (Å²) in [6, 6.07) is 8.24. The van der Waals surface area contributed by atoms with E-state index < -0.39 is 0 Å². The lowest BCUT2D eigenvalue weighted by Crippen LogP contribution is -2.13. The molecule has 0 aliphatic carbocycles. The van der Waals surface area contributed by atoms with Crippen molar-refractivity contribution in [3.63, 3.8) is 0 Å². The van der Waals surface area contributed by atoms with Crippen molar-refractivity contribution in [2.45, 2.75) is 46.0 Å². The van der Waals surface area contributed by atoms with Crippen LogP contribution in [0.3, 0.4) is 0 Å². The fourth-order valence-electron chi connectivity index (χ4n) is 2.53. The maximum atomic E-state index is 5.97. The van der Waals surface area contributed by atoms with Gasteiger partial charge in [0.05, 0.1) is 12.3 Å². The van der Waals surface area contributed by atoms with Gasteiger partial charge in [0.25, 0.3) is 0 Å². The number of nitrogen functional groups attached to an aromatic ring is 2. The number of anilines is 2. The van der Waals surface area contributed by atoms with Crippen LogP contribution in [0.1, 0.15) is 50.4 Å². The van der Waals surface area contributed by atoms with Gasteiger partial charge in [0.15, 0.2) is 0 Å². The lowest BCUT2D eigenvalue weighted by molar-refractivity contribution is 0.309. The summed E-state index contributed by atoms with van der Waals surface area (Å²) in [5.74, 6) is 1.51. The van der Waals surface area contributed by atoms with Gasteiger partial charge in [-0.25, -0.2) is 4.98 Å². The number of aromatic nitrogens is 2. The minimum absolute atomic E-state index is 0.164. The molecule has 2 aromatic rings. The van der Waals surface area contributed by atoms with Crippen LogP contribution < -0.4 is 16.2 Å². The number of nitrogens with zero attached hydrogens (tertiary/aromatic N) is 2. The molecule has 5 nitrogen and oxygen atoms in total. The Morgan fingerprint density at radius 1 is 1.12 bits per heavy atom. The van der Waals surface area contributed by atoms with Crippen molar-refractivity contribution in [2.24, 2.45) is 0 Å². The van der Waals surface area contributed by atoms with Crippen LogP contribution in [0, 0.1) is 6.92 Å². The van der Waals surface area contributed by atoms with Crippen molar-refractivity contribution < 1.29 is 4.74 Å². The average Bonchev–Trinajstić information content (AvgIpc) is 2.54. The van der Waals surface area contributed by atoms with Crippen LogP contribution in [-0.2, 0) is 5.41 Å². The molecule has 0 unspecified atom stereocenters. The molecule has 0 atom stereocenters. The molecule has 2 rings (SSSR count). The predicted octanol–water partition coefficient (Wildman–Crippen LogP) is 4.12. The van der Waals surface area contributed by atoms with Crippen molar-refractivity contribution >= 4 is 17.8 Å². The molecule has 4 N–H and O–H groups in total. The van der Waals surface area contributed by atoms with Crippen LogP contribution >= 0.6 is 0 Å². The van der Waals surface area contributed by atoms with Crippen LogP contribution in [-0.4, -0.2) is 16.6 Å². The molecule has 0 radical (unpaired) electrons. The number of unbranched alkanes of at least 4 members (excludes halogenated alkanes) is 1. The number of rotatable bonds is 7. The summed E-state index contributed by atoms with van der Waals surface area (Å²) < 4.78 is 5.72. The van der Waals surface area contributed by atoms with E-state index in [4.69, 9.17) is 16.2 Å². The molecule has 1 aromatic heterocycles. The van der Waals surface area contributed by atoms with E-state index in [1.807, 2.05) is 25.1 Å². The zero-order valence-corrected chi connectivity index (χ0v) is 15.5. The Kier molecular flexibility index (Phi) is 6.02. The maximum Gasteiger partial charge on any atom is 0.222 e. The molecule has 0 amide bonds. The largest absolute Gasteiger partial charge is 0.494 e. The lowest BCUT2D eigenvalue weighted by Gasteiger charge is -2.21. The van der Waals surface area contributed by atoms with E-state index in [0.717, 1.165) is 36.5 Å². The van der Waals surface area contributed by atoms with Crippen LogP contribution in [0.4, 0.5) is 11.8 Å². The third-order valence-corrected chi connectivity index (χ3v) is 4.21. The topological polar surface area (TPSA) is 87.0 Å². The van der Waals surface area contributed by atoms with Crippen molar-refractivity contribution in [1.82, 2.24) is 9.97 Å². The van der Waals surface area contributed by atoms with Gasteiger partial charge < -0.3 is 16.2 Å². The first-order valence-electron chi connectivity index (χ1n) is 8.65. The van der Waals surface area contributed by atoms with Gasteiger partial charge in [-0.2, -0.15) is 4.98 Å². The summed E-state index contributed by atoms with van der Waals surface area (Å²) in [4.78, 5) is 8.21. The average molecular weight is 340 g/mol. The van der Waals surface area contributed by atoms with Gasteiger partial charge in [0.2, 0.25) is 5.95 Å². The van der Waals surface area contributed by atoms with E-state index in [-0.39, 0.29) is 11.4 Å². The summed E-state index contributed by atoms with van der Waals surface area (Å²) in [6.45, 7) is 9.10. The molecule has 0 aliphatic rings. The second-order valence-electron chi connectivity index (χ2n) is 6.75. The maximum absolute atomic E-state index is 5.97. The van der Waals surface area contributed by atoms with Gasteiger partial charge in [-0.1, -0.05) is 51.5 Å². The minimum atomic E-state index is -0.164. The quantitative estimate of drug-likeness (QED) is 0.740. The molecule has 25 heavy (non-hydrogen) atoms. The molecule has 5 heteroatoms. The Bertz CT molecular complexity index is 713. The van der Waals surface area contributed by atoms with Crippen molar-refractivity contribution in [2.75, 3.05) is 18.1 Å². The van der Waals surface area contributed by atoms with E-state index in [9.17, 15) is 0 Å². The second-order valence-corrected chi connectivity index (χ2v) is 6.75. The van der Waals surface area contributed by atoms with Crippen molar-refractivity contribution in [3.8, 4) is 5.75 Å². The molecule has 0 aliphatic heterocycles. The standard InChI is InChI=1S/C20H28N4O/c1-5-6-13-25-16-9-7-15(8-10-16)20(3,4)12-11-17-14(2)23-19(22)24-18(17)21/h7-12H,5-6,13H2,1-4H3,(H4,21,22,23,24)/b12-11+. The third kappa shape index (κ3) is 4.95. The summed E-state index contributed by atoms with van der Waals surface area (Å²) in [7, 11) is 0. The highest BCUT2D eigenvalue weighted by Crippen LogP contribution is 2.28. The molecule has 0 saturated heterocycles. The summed E-state index contributed by atoms with van der Waals surface area (Å²) in [5.41, 5.74) is 14.2. The number of ether oxygens (including phenoxy) is 1. The highest BCUT2D eigenvalue weighted by atomic mass is 16.5. The Morgan fingerprint density at radius 2 is 1.80 bits per heavy atom. The van der Waals surface area contributed by atoms with E-state index in [1.54, 1.807) is 0 Å². The minimum Gasteiger partial charge on any atom is -0.494 e. The lowest BCUT2D eigenvalue weighted by atomic mass is 9.84. The Labute approximate surface area is 150 Å². The van der Waals surface area contributed by atoms with E-state index in [0.29, 0.717) is 5.82 Å². The first kappa shape index (κ1) is 18.8. The van der Waals surface area contributed by atoms with Crippen LogP contribution in [0.2, 0.25) is 0 Å². The summed E-state index contributed by atoms with van der Waals surface area (Å²) in [5, 5.41) is 0. The van der Waals surface area contributed by atoms with Crippen LogP contribution in [0.25, 0.3) is 6.08 Å². The van der Waals surface area contributed by atoms with Gasteiger partial charge in [-0.3, -0.25) is 0 Å². The zero-order chi connectivity index (χ0) is 18.4.